The number of nitrogens with two attached hydrogens (primary N) is 1. The standard InChI is InChI=1S/C21H16F5N.ClH/c1-13-5-10-18(21(24,25)26)16(11-13)14-6-8-15(9-7-14)27-12-17-19(22)3-2-4-20(17)23;/h2-11,27H,12H2,1H3;1H. The summed E-state index contributed by atoms with van der Waals surface area (Å²) < 4.78 is 67.1. The van der Waals surface area contributed by atoms with Crippen LogP contribution in [0.3, 0.4) is 0 Å². The van der Waals surface area contributed by atoms with Crippen molar-refractivity contribution in [3.05, 3.63) is 89.0 Å². The summed E-state index contributed by atoms with van der Waals surface area (Å²) in [5.41, 5.74) is 1.19. The molecule has 0 amide bonds. The number of hydrogen-bond donors (Lipinski definition) is 1. The second-order valence-electron chi connectivity index (χ2n) is 6.28. The Balaban J connectivity index is 0.00000280. The fraction of sp³-hybridized carbons (Fsp3) is 0.143. The van der Waals surface area contributed by atoms with Crippen molar-refractivity contribution in [3.8, 4) is 11.1 Å². The zero-order valence-electron chi connectivity index (χ0n) is 14.8. The lowest BCUT2D eigenvalue weighted by Crippen LogP contribution is -3.00. The van der Waals surface area contributed by atoms with E-state index in [-0.39, 0.29) is 30.1 Å². The van der Waals surface area contributed by atoms with E-state index in [9.17, 15) is 22.0 Å². The van der Waals surface area contributed by atoms with Crippen molar-refractivity contribution in [1.29, 1.82) is 0 Å². The number of rotatable bonds is 4. The molecule has 3 rings (SSSR count). The van der Waals surface area contributed by atoms with Crippen LogP contribution in [0.2, 0.25) is 0 Å². The van der Waals surface area contributed by atoms with Crippen LogP contribution in [0.15, 0.2) is 60.7 Å². The Labute approximate surface area is 165 Å². The molecule has 0 aliphatic carbocycles. The van der Waals surface area contributed by atoms with E-state index in [1.165, 1.54) is 30.3 Å². The molecule has 0 spiro atoms. The average Bonchev–Trinajstić information content (AvgIpc) is 2.61. The van der Waals surface area contributed by atoms with E-state index < -0.39 is 23.4 Å². The Morgan fingerprint density at radius 2 is 1.46 bits per heavy atom. The second kappa shape index (κ2) is 8.71. The van der Waals surface area contributed by atoms with Crippen molar-refractivity contribution >= 4 is 5.69 Å². The highest BCUT2D eigenvalue weighted by Crippen LogP contribution is 2.37. The molecule has 2 N–H and O–H groups in total. The van der Waals surface area contributed by atoms with Crippen LogP contribution in [-0.2, 0) is 12.7 Å². The molecular formula is C21H17ClF5N. The maximum Gasteiger partial charge on any atom is 0.417 e. The number of hydrogen-bond acceptors (Lipinski definition) is 0. The fourth-order valence-corrected chi connectivity index (χ4v) is 2.89. The van der Waals surface area contributed by atoms with Crippen LogP contribution in [0, 0.1) is 18.6 Å². The van der Waals surface area contributed by atoms with Crippen molar-refractivity contribution in [2.24, 2.45) is 0 Å². The molecule has 28 heavy (non-hydrogen) atoms. The summed E-state index contributed by atoms with van der Waals surface area (Å²) >= 11 is 0. The Morgan fingerprint density at radius 3 is 2.04 bits per heavy atom. The molecule has 3 aromatic carbocycles. The number of halogens is 6. The van der Waals surface area contributed by atoms with Crippen LogP contribution >= 0.6 is 0 Å². The van der Waals surface area contributed by atoms with Crippen molar-refractivity contribution < 1.29 is 39.7 Å². The van der Waals surface area contributed by atoms with Crippen LogP contribution in [0.1, 0.15) is 16.7 Å². The highest BCUT2D eigenvalue weighted by Gasteiger charge is 2.33. The summed E-state index contributed by atoms with van der Waals surface area (Å²) in [4.78, 5) is 0. The van der Waals surface area contributed by atoms with Crippen LogP contribution in [0.4, 0.5) is 27.6 Å². The minimum Gasteiger partial charge on any atom is -1.00 e. The van der Waals surface area contributed by atoms with E-state index >= 15 is 0 Å². The molecule has 0 radical (unpaired) electrons. The number of alkyl halides is 3. The number of quaternary nitrogens is 1. The van der Waals surface area contributed by atoms with Gasteiger partial charge in [-0.05, 0) is 60.5 Å². The normalized spacial score (nSPS) is 11.2. The second-order valence-corrected chi connectivity index (χ2v) is 6.28. The zero-order chi connectivity index (χ0) is 19.6. The topological polar surface area (TPSA) is 16.6 Å². The van der Waals surface area contributed by atoms with Crippen molar-refractivity contribution in [1.82, 2.24) is 0 Å². The van der Waals surface area contributed by atoms with E-state index in [1.54, 1.807) is 36.5 Å². The lowest BCUT2D eigenvalue weighted by Gasteiger charge is -2.14. The lowest BCUT2D eigenvalue weighted by atomic mass is 9.97. The molecule has 0 aliphatic heterocycles. The third-order valence-electron chi connectivity index (χ3n) is 4.31. The quantitative estimate of drug-likeness (QED) is 0.499. The highest BCUT2D eigenvalue weighted by molar-refractivity contribution is 5.69. The van der Waals surface area contributed by atoms with Gasteiger partial charge in [0.1, 0.15) is 23.9 Å². The maximum absolute atomic E-state index is 13.7. The molecule has 0 saturated heterocycles. The van der Waals surface area contributed by atoms with Crippen LogP contribution in [-0.4, -0.2) is 0 Å². The van der Waals surface area contributed by atoms with Gasteiger partial charge in [-0.15, -0.1) is 0 Å². The van der Waals surface area contributed by atoms with Gasteiger partial charge >= 0.3 is 6.18 Å². The smallest absolute Gasteiger partial charge is 0.417 e. The average molecular weight is 414 g/mol. The van der Waals surface area contributed by atoms with Gasteiger partial charge in [0.15, 0.2) is 0 Å². The van der Waals surface area contributed by atoms with Gasteiger partial charge in [-0.2, -0.15) is 13.2 Å². The molecule has 0 heterocycles. The third-order valence-corrected chi connectivity index (χ3v) is 4.31. The van der Waals surface area contributed by atoms with Gasteiger partial charge in [0.2, 0.25) is 0 Å². The van der Waals surface area contributed by atoms with E-state index in [2.05, 4.69) is 0 Å². The fourth-order valence-electron chi connectivity index (χ4n) is 2.89. The molecule has 0 aliphatic rings. The Morgan fingerprint density at radius 1 is 0.857 bits per heavy atom. The van der Waals surface area contributed by atoms with Crippen LogP contribution in [0.5, 0.6) is 0 Å². The molecule has 0 atom stereocenters. The van der Waals surface area contributed by atoms with Gasteiger partial charge in [-0.3, -0.25) is 0 Å². The van der Waals surface area contributed by atoms with E-state index in [0.717, 1.165) is 11.6 Å². The molecule has 0 bridgehead atoms. The van der Waals surface area contributed by atoms with E-state index in [0.29, 0.717) is 11.3 Å². The summed E-state index contributed by atoms with van der Waals surface area (Å²) in [6.07, 6.45) is -4.45. The molecule has 7 heteroatoms. The predicted octanol–water partition coefficient (Wildman–Crippen LogP) is 2.36. The molecule has 0 aromatic heterocycles. The maximum atomic E-state index is 13.7. The predicted molar refractivity (Wildman–Crippen MR) is 93.3 cm³/mol. The molecule has 148 valence electrons. The summed E-state index contributed by atoms with van der Waals surface area (Å²) in [6, 6.07) is 14.1. The van der Waals surface area contributed by atoms with Gasteiger partial charge in [0.05, 0.1) is 11.1 Å². The number of benzene rings is 3. The SMILES string of the molecule is Cc1ccc(C(F)(F)F)c(-c2ccc([NH2+]Cc3c(F)cccc3F)cc2)c1.[Cl-]. The molecule has 0 saturated carbocycles. The van der Waals surface area contributed by atoms with E-state index in [1.807, 2.05) is 0 Å². The summed E-state index contributed by atoms with van der Waals surface area (Å²) in [5, 5.41) is 1.63. The molecular weight excluding hydrogens is 397 g/mol. The van der Waals surface area contributed by atoms with Gasteiger partial charge in [0.25, 0.3) is 0 Å². The monoisotopic (exact) mass is 413 g/mol. The Hall–Kier alpha value is -2.44. The molecule has 0 fully saturated rings. The highest BCUT2D eigenvalue weighted by atomic mass is 35.5. The van der Waals surface area contributed by atoms with Crippen molar-refractivity contribution in [2.75, 3.05) is 0 Å². The first-order valence-corrected chi connectivity index (χ1v) is 8.30. The Kier molecular flexibility index (Phi) is 6.80. The molecule has 3 aromatic rings. The van der Waals surface area contributed by atoms with Gasteiger partial charge in [-0.1, -0.05) is 23.8 Å². The molecule has 0 unspecified atom stereocenters. The van der Waals surface area contributed by atoms with E-state index in [4.69, 9.17) is 0 Å². The van der Waals surface area contributed by atoms with Gasteiger partial charge < -0.3 is 17.7 Å². The first kappa shape index (κ1) is 21.9. The van der Waals surface area contributed by atoms with Gasteiger partial charge in [-0.25, -0.2) is 8.78 Å². The van der Waals surface area contributed by atoms with Gasteiger partial charge in [0, 0.05) is 0 Å². The summed E-state index contributed by atoms with van der Waals surface area (Å²) in [7, 11) is 0. The minimum absolute atomic E-state index is 0. The van der Waals surface area contributed by atoms with Crippen LogP contribution in [0.25, 0.3) is 11.1 Å². The first-order chi connectivity index (χ1) is 12.8. The Bertz CT molecular complexity index is 932. The lowest BCUT2D eigenvalue weighted by molar-refractivity contribution is -0.589. The molecule has 1 nitrogen and oxygen atoms in total. The van der Waals surface area contributed by atoms with Crippen molar-refractivity contribution in [2.45, 2.75) is 19.6 Å². The zero-order valence-corrected chi connectivity index (χ0v) is 15.6. The number of aryl methyl sites for hydroxylation is 1. The first-order valence-electron chi connectivity index (χ1n) is 8.30. The third kappa shape index (κ3) is 4.88. The largest absolute Gasteiger partial charge is 1.00 e. The van der Waals surface area contributed by atoms with Crippen LogP contribution < -0.4 is 17.7 Å². The summed E-state index contributed by atoms with van der Waals surface area (Å²) in [5.74, 6) is -1.25. The summed E-state index contributed by atoms with van der Waals surface area (Å²) in [6.45, 7) is 1.78. The van der Waals surface area contributed by atoms with Crippen molar-refractivity contribution in [3.63, 3.8) is 0 Å². The minimum atomic E-state index is -4.45.